The first-order valence-corrected chi connectivity index (χ1v) is 6.90. The predicted octanol–water partition coefficient (Wildman–Crippen LogP) is 3.45. The van der Waals surface area contributed by atoms with Gasteiger partial charge in [0.2, 0.25) is 0 Å². The highest BCUT2D eigenvalue weighted by Gasteiger charge is 2.14. The van der Waals surface area contributed by atoms with Gasteiger partial charge < -0.3 is 10.7 Å². The SMILES string of the molecule is CCC(CN)c1ncc(-c2c(C)cc(C)cc2C)[nH]1. The maximum atomic E-state index is 5.78. The number of nitrogens with one attached hydrogen (secondary N) is 1. The maximum absolute atomic E-state index is 5.78. The van der Waals surface area contributed by atoms with Gasteiger partial charge in [-0.3, -0.25) is 0 Å². The zero-order valence-corrected chi connectivity index (χ0v) is 12.2. The van der Waals surface area contributed by atoms with E-state index >= 15 is 0 Å². The Morgan fingerprint density at radius 2 is 1.84 bits per heavy atom. The van der Waals surface area contributed by atoms with Gasteiger partial charge in [0.25, 0.3) is 0 Å². The van der Waals surface area contributed by atoms with E-state index in [0.29, 0.717) is 12.5 Å². The second-order valence-corrected chi connectivity index (χ2v) is 5.30. The van der Waals surface area contributed by atoms with Crippen LogP contribution in [0.15, 0.2) is 18.3 Å². The molecule has 102 valence electrons. The molecule has 1 heterocycles. The molecule has 0 bridgehead atoms. The van der Waals surface area contributed by atoms with E-state index in [-0.39, 0.29) is 0 Å². The monoisotopic (exact) mass is 257 g/mol. The van der Waals surface area contributed by atoms with Gasteiger partial charge in [0, 0.05) is 18.0 Å². The molecule has 1 atom stereocenters. The first kappa shape index (κ1) is 13.8. The van der Waals surface area contributed by atoms with E-state index in [1.165, 1.54) is 22.3 Å². The van der Waals surface area contributed by atoms with Gasteiger partial charge in [0.15, 0.2) is 0 Å². The van der Waals surface area contributed by atoms with E-state index in [4.69, 9.17) is 5.73 Å². The molecule has 19 heavy (non-hydrogen) atoms. The number of H-pyrrole nitrogens is 1. The Kier molecular flexibility index (Phi) is 4.05. The Balaban J connectivity index is 2.43. The number of rotatable bonds is 4. The van der Waals surface area contributed by atoms with Crippen LogP contribution < -0.4 is 5.73 Å². The van der Waals surface area contributed by atoms with Crippen LogP contribution in [0, 0.1) is 20.8 Å². The molecular formula is C16H23N3. The van der Waals surface area contributed by atoms with Crippen molar-refractivity contribution in [2.24, 2.45) is 5.73 Å². The Bertz CT molecular complexity index is 542. The smallest absolute Gasteiger partial charge is 0.110 e. The fourth-order valence-electron chi connectivity index (χ4n) is 2.75. The van der Waals surface area contributed by atoms with Gasteiger partial charge in [-0.05, 0) is 38.3 Å². The largest absolute Gasteiger partial charge is 0.342 e. The van der Waals surface area contributed by atoms with Crippen LogP contribution in [0.2, 0.25) is 0 Å². The van der Waals surface area contributed by atoms with E-state index in [9.17, 15) is 0 Å². The second kappa shape index (κ2) is 5.57. The lowest BCUT2D eigenvalue weighted by atomic mass is 9.98. The minimum absolute atomic E-state index is 0.319. The number of imidazole rings is 1. The van der Waals surface area contributed by atoms with Gasteiger partial charge in [-0.15, -0.1) is 0 Å². The Morgan fingerprint density at radius 1 is 1.21 bits per heavy atom. The van der Waals surface area contributed by atoms with E-state index in [0.717, 1.165) is 17.9 Å². The number of hydrogen-bond donors (Lipinski definition) is 2. The molecule has 2 rings (SSSR count). The molecule has 0 aliphatic heterocycles. The van der Waals surface area contributed by atoms with Crippen LogP contribution >= 0.6 is 0 Å². The van der Waals surface area contributed by atoms with Gasteiger partial charge in [0.1, 0.15) is 5.82 Å². The molecule has 0 aliphatic carbocycles. The minimum Gasteiger partial charge on any atom is -0.342 e. The van der Waals surface area contributed by atoms with Crippen LogP contribution in [0.4, 0.5) is 0 Å². The summed E-state index contributed by atoms with van der Waals surface area (Å²) in [5.41, 5.74) is 12.0. The van der Waals surface area contributed by atoms with Crippen molar-refractivity contribution in [2.75, 3.05) is 6.54 Å². The third kappa shape index (κ3) is 2.71. The molecule has 0 fully saturated rings. The number of nitrogens with zero attached hydrogens (tertiary/aromatic N) is 1. The molecule has 0 radical (unpaired) electrons. The minimum atomic E-state index is 0.319. The van der Waals surface area contributed by atoms with E-state index in [1.54, 1.807) is 0 Å². The van der Waals surface area contributed by atoms with Crippen LogP contribution in [0.1, 0.15) is 41.8 Å². The molecule has 1 aromatic heterocycles. The molecule has 3 heteroatoms. The molecule has 0 saturated heterocycles. The van der Waals surface area contributed by atoms with Crippen molar-refractivity contribution < 1.29 is 0 Å². The van der Waals surface area contributed by atoms with Crippen LogP contribution in [0.5, 0.6) is 0 Å². The molecule has 2 aromatic rings. The Hall–Kier alpha value is -1.61. The van der Waals surface area contributed by atoms with Gasteiger partial charge >= 0.3 is 0 Å². The zero-order valence-electron chi connectivity index (χ0n) is 12.2. The van der Waals surface area contributed by atoms with Gasteiger partial charge in [-0.1, -0.05) is 24.6 Å². The van der Waals surface area contributed by atoms with Crippen LogP contribution in [-0.4, -0.2) is 16.5 Å². The number of aromatic amines is 1. The summed E-state index contributed by atoms with van der Waals surface area (Å²) >= 11 is 0. The summed E-state index contributed by atoms with van der Waals surface area (Å²) in [5.74, 6) is 1.32. The zero-order chi connectivity index (χ0) is 14.0. The lowest BCUT2D eigenvalue weighted by Gasteiger charge is -2.11. The molecule has 0 saturated carbocycles. The first-order chi connectivity index (χ1) is 9.06. The van der Waals surface area contributed by atoms with E-state index in [1.807, 2.05) is 6.20 Å². The highest BCUT2D eigenvalue weighted by molar-refractivity contribution is 5.67. The lowest BCUT2D eigenvalue weighted by Crippen LogP contribution is -2.12. The molecule has 0 aliphatic rings. The standard InChI is InChI=1S/C16H23N3/c1-5-13(8-17)16-18-9-14(19-16)15-11(3)6-10(2)7-12(15)4/h6-7,9,13H,5,8,17H2,1-4H3,(H,18,19). The number of hydrogen-bond acceptors (Lipinski definition) is 2. The molecular weight excluding hydrogens is 234 g/mol. The quantitative estimate of drug-likeness (QED) is 0.881. The Labute approximate surface area is 115 Å². The summed E-state index contributed by atoms with van der Waals surface area (Å²) < 4.78 is 0. The average molecular weight is 257 g/mol. The van der Waals surface area contributed by atoms with Gasteiger partial charge in [-0.25, -0.2) is 4.98 Å². The molecule has 3 nitrogen and oxygen atoms in total. The maximum Gasteiger partial charge on any atom is 0.110 e. The van der Waals surface area contributed by atoms with Crippen LogP contribution in [-0.2, 0) is 0 Å². The third-order valence-electron chi connectivity index (χ3n) is 3.71. The van der Waals surface area contributed by atoms with Gasteiger partial charge in [-0.2, -0.15) is 0 Å². The predicted molar refractivity (Wildman–Crippen MR) is 80.3 cm³/mol. The highest BCUT2D eigenvalue weighted by atomic mass is 14.9. The van der Waals surface area contributed by atoms with Crippen molar-refractivity contribution in [1.29, 1.82) is 0 Å². The van der Waals surface area contributed by atoms with Crippen molar-refractivity contribution >= 4 is 0 Å². The molecule has 1 aromatic carbocycles. The van der Waals surface area contributed by atoms with Crippen molar-refractivity contribution in [3.63, 3.8) is 0 Å². The topological polar surface area (TPSA) is 54.7 Å². The summed E-state index contributed by atoms with van der Waals surface area (Å²) in [6, 6.07) is 4.42. The fraction of sp³-hybridized carbons (Fsp3) is 0.438. The summed E-state index contributed by atoms with van der Waals surface area (Å²) in [7, 11) is 0. The number of aryl methyl sites for hydroxylation is 3. The third-order valence-corrected chi connectivity index (χ3v) is 3.71. The van der Waals surface area contributed by atoms with Gasteiger partial charge in [0.05, 0.1) is 11.9 Å². The molecule has 0 amide bonds. The molecule has 1 unspecified atom stereocenters. The first-order valence-electron chi connectivity index (χ1n) is 6.90. The van der Waals surface area contributed by atoms with E-state index in [2.05, 4.69) is 49.8 Å². The van der Waals surface area contributed by atoms with Crippen molar-refractivity contribution in [1.82, 2.24) is 9.97 Å². The summed E-state index contributed by atoms with van der Waals surface area (Å²) in [4.78, 5) is 7.95. The lowest BCUT2D eigenvalue weighted by molar-refractivity contribution is 0.639. The van der Waals surface area contributed by atoms with Crippen molar-refractivity contribution in [3.05, 3.63) is 40.8 Å². The average Bonchev–Trinajstić information content (AvgIpc) is 2.78. The highest BCUT2D eigenvalue weighted by Crippen LogP contribution is 2.28. The summed E-state index contributed by atoms with van der Waals surface area (Å²) in [5, 5.41) is 0. The van der Waals surface area contributed by atoms with Crippen LogP contribution in [0.25, 0.3) is 11.3 Å². The summed E-state index contributed by atoms with van der Waals surface area (Å²) in [6.07, 6.45) is 2.94. The van der Waals surface area contributed by atoms with Crippen molar-refractivity contribution in [2.45, 2.75) is 40.0 Å². The second-order valence-electron chi connectivity index (χ2n) is 5.30. The summed E-state index contributed by atoms with van der Waals surface area (Å²) in [6.45, 7) is 9.20. The van der Waals surface area contributed by atoms with E-state index < -0.39 is 0 Å². The normalized spacial score (nSPS) is 12.7. The molecule has 3 N–H and O–H groups in total. The van der Waals surface area contributed by atoms with Crippen LogP contribution in [0.3, 0.4) is 0 Å². The fourth-order valence-corrected chi connectivity index (χ4v) is 2.75. The number of aromatic nitrogens is 2. The number of nitrogens with two attached hydrogens (primary N) is 1. The Morgan fingerprint density at radius 3 is 2.37 bits per heavy atom. The van der Waals surface area contributed by atoms with Crippen molar-refractivity contribution in [3.8, 4) is 11.3 Å². The molecule has 0 spiro atoms. The number of benzene rings is 1.